The molecule has 0 saturated carbocycles. The van der Waals surface area contributed by atoms with E-state index in [2.05, 4.69) is 23.4 Å². The highest BCUT2D eigenvalue weighted by Gasteiger charge is 2.23. The topological polar surface area (TPSA) is 41.6 Å². The molecule has 0 aromatic heterocycles. The zero-order chi connectivity index (χ0) is 15.9. The molecule has 1 unspecified atom stereocenters. The van der Waals surface area contributed by atoms with Crippen LogP contribution in [-0.2, 0) is 4.74 Å². The number of thioether (sulfide) groups is 1. The van der Waals surface area contributed by atoms with Crippen molar-refractivity contribution in [1.82, 2.24) is 10.2 Å². The van der Waals surface area contributed by atoms with E-state index >= 15 is 0 Å². The Bertz CT molecular complexity index is 310. The first-order chi connectivity index (χ1) is 9.80. The van der Waals surface area contributed by atoms with Gasteiger partial charge in [0.1, 0.15) is 5.60 Å². The molecule has 1 fully saturated rings. The SMILES string of the molecule is CSCCC(CN1CCC(C)CC1)NC(=O)OC(C)(C)C. The van der Waals surface area contributed by atoms with Crippen LogP contribution < -0.4 is 5.32 Å². The standard InChI is InChI=1S/C16H32N2O2S/c1-13-6-9-18(10-7-13)12-14(8-11-21-5)17-15(19)20-16(2,3)4/h13-14H,6-12H2,1-5H3,(H,17,19). The number of hydrogen-bond acceptors (Lipinski definition) is 4. The first-order valence-electron chi connectivity index (χ1n) is 8.01. The van der Waals surface area contributed by atoms with Crippen molar-refractivity contribution in [2.45, 2.75) is 58.6 Å². The number of amides is 1. The summed E-state index contributed by atoms with van der Waals surface area (Å²) in [5.74, 6) is 1.90. The van der Waals surface area contributed by atoms with E-state index in [0.717, 1.165) is 37.7 Å². The Morgan fingerprint density at radius 1 is 1.38 bits per heavy atom. The van der Waals surface area contributed by atoms with Gasteiger partial charge in [-0.15, -0.1) is 0 Å². The summed E-state index contributed by atoms with van der Waals surface area (Å²) in [5, 5.41) is 3.05. The number of likely N-dealkylation sites (tertiary alicyclic amines) is 1. The third-order valence-electron chi connectivity index (χ3n) is 3.75. The van der Waals surface area contributed by atoms with Crippen LogP contribution in [0.1, 0.15) is 47.0 Å². The van der Waals surface area contributed by atoms with Crippen LogP contribution in [0.3, 0.4) is 0 Å². The Kier molecular flexibility index (Phi) is 7.88. The molecule has 1 atom stereocenters. The van der Waals surface area contributed by atoms with Crippen molar-refractivity contribution in [2.75, 3.05) is 31.6 Å². The van der Waals surface area contributed by atoms with E-state index < -0.39 is 5.60 Å². The van der Waals surface area contributed by atoms with Gasteiger partial charge in [0, 0.05) is 12.6 Å². The molecule has 1 N–H and O–H groups in total. The molecule has 0 aliphatic carbocycles. The van der Waals surface area contributed by atoms with E-state index in [1.165, 1.54) is 12.8 Å². The van der Waals surface area contributed by atoms with Crippen LogP contribution in [0.4, 0.5) is 4.79 Å². The van der Waals surface area contributed by atoms with E-state index in [-0.39, 0.29) is 12.1 Å². The van der Waals surface area contributed by atoms with Crippen LogP contribution in [0.5, 0.6) is 0 Å². The molecule has 0 radical (unpaired) electrons. The molecule has 0 bridgehead atoms. The van der Waals surface area contributed by atoms with Crippen molar-refractivity contribution < 1.29 is 9.53 Å². The normalized spacial score (nSPS) is 19.3. The highest BCUT2D eigenvalue weighted by molar-refractivity contribution is 7.98. The van der Waals surface area contributed by atoms with Gasteiger partial charge in [0.2, 0.25) is 0 Å². The van der Waals surface area contributed by atoms with E-state index in [1.807, 2.05) is 32.5 Å². The summed E-state index contributed by atoms with van der Waals surface area (Å²) in [6.45, 7) is 11.2. The number of rotatable bonds is 6. The average Bonchev–Trinajstić information content (AvgIpc) is 2.36. The van der Waals surface area contributed by atoms with E-state index in [4.69, 9.17) is 4.74 Å². The molecule has 1 heterocycles. The fraction of sp³-hybridized carbons (Fsp3) is 0.938. The molecule has 0 aromatic carbocycles. The summed E-state index contributed by atoms with van der Waals surface area (Å²) in [5.41, 5.74) is -0.436. The number of hydrogen-bond donors (Lipinski definition) is 1. The predicted octanol–water partition coefficient (Wildman–Crippen LogP) is 3.36. The number of nitrogens with zero attached hydrogens (tertiary/aromatic N) is 1. The van der Waals surface area contributed by atoms with E-state index in [9.17, 15) is 4.79 Å². The van der Waals surface area contributed by atoms with Gasteiger partial charge in [-0.2, -0.15) is 11.8 Å². The molecule has 21 heavy (non-hydrogen) atoms. The Hall–Kier alpha value is -0.420. The van der Waals surface area contributed by atoms with Gasteiger partial charge in [-0.3, -0.25) is 0 Å². The lowest BCUT2D eigenvalue weighted by Crippen LogP contribution is -2.47. The second-order valence-electron chi connectivity index (χ2n) is 7.11. The number of nitrogens with one attached hydrogen (secondary N) is 1. The van der Waals surface area contributed by atoms with Crippen molar-refractivity contribution in [3.05, 3.63) is 0 Å². The van der Waals surface area contributed by atoms with Gasteiger partial charge in [-0.1, -0.05) is 6.92 Å². The van der Waals surface area contributed by atoms with E-state index in [0.29, 0.717) is 0 Å². The average molecular weight is 317 g/mol. The molecule has 0 spiro atoms. The zero-order valence-corrected chi connectivity index (χ0v) is 15.1. The maximum Gasteiger partial charge on any atom is 0.407 e. The Labute approximate surface area is 134 Å². The van der Waals surface area contributed by atoms with Gasteiger partial charge in [0.05, 0.1) is 0 Å². The van der Waals surface area contributed by atoms with Crippen LogP contribution in [0.15, 0.2) is 0 Å². The smallest absolute Gasteiger partial charge is 0.407 e. The van der Waals surface area contributed by atoms with Gasteiger partial charge in [-0.25, -0.2) is 4.79 Å². The molecular weight excluding hydrogens is 284 g/mol. The minimum Gasteiger partial charge on any atom is -0.444 e. The fourth-order valence-electron chi connectivity index (χ4n) is 2.50. The summed E-state index contributed by atoms with van der Waals surface area (Å²) in [4.78, 5) is 14.4. The number of ether oxygens (including phenoxy) is 1. The zero-order valence-electron chi connectivity index (χ0n) is 14.3. The summed E-state index contributed by atoms with van der Waals surface area (Å²) in [6.07, 6.45) is 5.34. The van der Waals surface area contributed by atoms with Crippen molar-refractivity contribution in [3.8, 4) is 0 Å². The summed E-state index contributed by atoms with van der Waals surface area (Å²) >= 11 is 1.82. The Balaban J connectivity index is 2.45. The molecular formula is C16H32N2O2S. The second-order valence-corrected chi connectivity index (χ2v) is 8.09. The summed E-state index contributed by atoms with van der Waals surface area (Å²) < 4.78 is 5.38. The Morgan fingerprint density at radius 3 is 2.52 bits per heavy atom. The molecule has 0 aromatic rings. The lowest BCUT2D eigenvalue weighted by molar-refractivity contribution is 0.0484. The fourth-order valence-corrected chi connectivity index (χ4v) is 3.02. The molecule has 5 heteroatoms. The minimum atomic E-state index is -0.436. The number of alkyl carbamates (subject to hydrolysis) is 1. The number of piperidine rings is 1. The third kappa shape index (κ3) is 8.57. The van der Waals surface area contributed by atoms with Crippen LogP contribution in [0, 0.1) is 5.92 Å². The van der Waals surface area contributed by atoms with Gasteiger partial charge in [0.25, 0.3) is 0 Å². The number of carbonyl (C=O) groups excluding carboxylic acids is 1. The Morgan fingerprint density at radius 2 is 2.00 bits per heavy atom. The van der Waals surface area contributed by atoms with Crippen molar-refractivity contribution in [3.63, 3.8) is 0 Å². The highest BCUT2D eigenvalue weighted by atomic mass is 32.2. The number of carbonyl (C=O) groups is 1. The minimum absolute atomic E-state index is 0.181. The molecule has 1 rings (SSSR count). The lowest BCUT2D eigenvalue weighted by atomic mass is 9.99. The maximum absolute atomic E-state index is 12.0. The van der Waals surface area contributed by atoms with Crippen molar-refractivity contribution >= 4 is 17.9 Å². The first kappa shape index (κ1) is 18.6. The van der Waals surface area contributed by atoms with Gasteiger partial charge in [0.15, 0.2) is 0 Å². The van der Waals surface area contributed by atoms with E-state index in [1.54, 1.807) is 0 Å². The van der Waals surface area contributed by atoms with Crippen molar-refractivity contribution in [1.29, 1.82) is 0 Å². The van der Waals surface area contributed by atoms with Gasteiger partial charge in [-0.05, 0) is 71.0 Å². The quantitative estimate of drug-likeness (QED) is 0.816. The largest absolute Gasteiger partial charge is 0.444 e. The van der Waals surface area contributed by atoms with Gasteiger partial charge < -0.3 is 15.0 Å². The summed E-state index contributed by atoms with van der Waals surface area (Å²) in [6, 6.07) is 0.181. The predicted molar refractivity (Wildman–Crippen MR) is 91.0 cm³/mol. The summed E-state index contributed by atoms with van der Waals surface area (Å²) in [7, 11) is 0. The van der Waals surface area contributed by atoms with Crippen LogP contribution in [0.2, 0.25) is 0 Å². The highest BCUT2D eigenvalue weighted by Crippen LogP contribution is 2.17. The molecule has 1 aliphatic rings. The monoisotopic (exact) mass is 316 g/mol. The maximum atomic E-state index is 12.0. The lowest BCUT2D eigenvalue weighted by Gasteiger charge is -2.33. The first-order valence-corrected chi connectivity index (χ1v) is 9.40. The van der Waals surface area contributed by atoms with Crippen molar-refractivity contribution in [2.24, 2.45) is 5.92 Å². The van der Waals surface area contributed by atoms with Crippen LogP contribution in [0.25, 0.3) is 0 Å². The molecule has 1 amide bonds. The van der Waals surface area contributed by atoms with Crippen LogP contribution in [-0.4, -0.2) is 54.3 Å². The third-order valence-corrected chi connectivity index (χ3v) is 4.39. The molecule has 1 saturated heterocycles. The molecule has 1 aliphatic heterocycles. The molecule has 4 nitrogen and oxygen atoms in total. The van der Waals surface area contributed by atoms with Crippen LogP contribution >= 0.6 is 11.8 Å². The molecule has 124 valence electrons. The van der Waals surface area contributed by atoms with Gasteiger partial charge >= 0.3 is 6.09 Å². The second kappa shape index (κ2) is 8.89.